The van der Waals surface area contributed by atoms with Crippen LogP contribution in [0.4, 0.5) is 13.2 Å². The lowest BCUT2D eigenvalue weighted by molar-refractivity contribution is -0.138. The Morgan fingerprint density at radius 3 is 2.50 bits per heavy atom. The highest BCUT2D eigenvalue weighted by Crippen LogP contribution is 2.36. The Hall–Kier alpha value is -1.23. The summed E-state index contributed by atoms with van der Waals surface area (Å²) in [5, 5.41) is 2.94. The maximum Gasteiger partial charge on any atom is 0.419 e. The number of benzene rings is 1. The second-order valence-corrected chi connectivity index (χ2v) is 3.39. The zero-order valence-electron chi connectivity index (χ0n) is 9.19. The maximum atomic E-state index is 12.5. The molecule has 0 aliphatic rings. The number of ether oxygens (including phenoxy) is 1. The largest absolute Gasteiger partial charge is 0.496 e. The molecule has 0 saturated heterocycles. The topological polar surface area (TPSA) is 21.3 Å². The summed E-state index contributed by atoms with van der Waals surface area (Å²) in [5.41, 5.74) is 0.0856. The second-order valence-electron chi connectivity index (χ2n) is 3.39. The second kappa shape index (κ2) is 5.21. The fraction of sp³-hybridized carbons (Fsp3) is 0.455. The summed E-state index contributed by atoms with van der Waals surface area (Å²) in [6.07, 6.45) is -3.70. The lowest BCUT2D eigenvalue weighted by atomic mass is 10.1. The molecule has 0 aliphatic carbocycles. The molecule has 2 nitrogen and oxygen atoms in total. The van der Waals surface area contributed by atoms with E-state index in [1.807, 2.05) is 0 Å². The van der Waals surface area contributed by atoms with E-state index in [2.05, 4.69) is 5.32 Å². The van der Waals surface area contributed by atoms with Crippen molar-refractivity contribution >= 4 is 0 Å². The molecule has 1 aromatic rings. The summed E-state index contributed by atoms with van der Waals surface area (Å²) >= 11 is 0. The summed E-state index contributed by atoms with van der Waals surface area (Å²) < 4.78 is 42.3. The van der Waals surface area contributed by atoms with Crippen LogP contribution in [0.2, 0.25) is 0 Å². The average molecular weight is 233 g/mol. The Kier molecular flexibility index (Phi) is 4.18. The molecule has 0 radical (unpaired) electrons. The number of methoxy groups -OCH3 is 1. The van der Waals surface area contributed by atoms with Crippen molar-refractivity contribution in [1.82, 2.24) is 5.32 Å². The van der Waals surface area contributed by atoms with Gasteiger partial charge in [-0.05, 0) is 37.7 Å². The van der Waals surface area contributed by atoms with Gasteiger partial charge in [-0.2, -0.15) is 13.2 Å². The van der Waals surface area contributed by atoms with E-state index in [1.54, 1.807) is 7.05 Å². The average Bonchev–Trinajstić information content (AvgIpc) is 2.24. The van der Waals surface area contributed by atoms with E-state index < -0.39 is 11.7 Å². The molecule has 0 heterocycles. The molecule has 0 atom stereocenters. The molecule has 0 unspecified atom stereocenters. The molecule has 0 spiro atoms. The van der Waals surface area contributed by atoms with Crippen molar-refractivity contribution in [2.45, 2.75) is 12.6 Å². The molecule has 0 bridgehead atoms. The zero-order chi connectivity index (χ0) is 12.2. The molecule has 0 amide bonds. The third kappa shape index (κ3) is 3.13. The van der Waals surface area contributed by atoms with E-state index in [-0.39, 0.29) is 5.75 Å². The summed E-state index contributed by atoms with van der Waals surface area (Å²) in [6, 6.07) is 3.96. The predicted molar refractivity (Wildman–Crippen MR) is 55.6 cm³/mol. The minimum atomic E-state index is -4.37. The lowest BCUT2D eigenvalue weighted by Gasteiger charge is -2.13. The maximum absolute atomic E-state index is 12.5. The number of rotatable bonds is 4. The third-order valence-corrected chi connectivity index (χ3v) is 2.24. The first-order valence-corrected chi connectivity index (χ1v) is 4.87. The van der Waals surface area contributed by atoms with Gasteiger partial charge in [0.05, 0.1) is 12.7 Å². The molecule has 0 aromatic heterocycles. The number of alkyl halides is 3. The fourth-order valence-electron chi connectivity index (χ4n) is 1.39. The van der Waals surface area contributed by atoms with E-state index in [1.165, 1.54) is 19.2 Å². The van der Waals surface area contributed by atoms with Crippen molar-refractivity contribution in [2.75, 3.05) is 20.7 Å². The van der Waals surface area contributed by atoms with Crippen LogP contribution in [-0.2, 0) is 12.6 Å². The van der Waals surface area contributed by atoms with Crippen LogP contribution in [0.15, 0.2) is 18.2 Å². The fourth-order valence-corrected chi connectivity index (χ4v) is 1.39. The van der Waals surface area contributed by atoms with Gasteiger partial charge in [-0.1, -0.05) is 6.07 Å². The minimum absolute atomic E-state index is 0.124. The SMILES string of the molecule is CNCCc1ccc(C(F)(F)F)c(OC)c1. The van der Waals surface area contributed by atoms with E-state index in [4.69, 9.17) is 4.74 Å². The van der Waals surface area contributed by atoms with Crippen molar-refractivity contribution < 1.29 is 17.9 Å². The lowest BCUT2D eigenvalue weighted by Crippen LogP contribution is -2.11. The number of hydrogen-bond donors (Lipinski definition) is 1. The third-order valence-electron chi connectivity index (χ3n) is 2.24. The normalized spacial score (nSPS) is 11.6. The van der Waals surface area contributed by atoms with E-state index in [9.17, 15) is 13.2 Å². The highest BCUT2D eigenvalue weighted by molar-refractivity contribution is 5.39. The Morgan fingerprint density at radius 1 is 1.31 bits per heavy atom. The summed E-state index contributed by atoms with van der Waals surface area (Å²) in [4.78, 5) is 0. The molecule has 90 valence electrons. The van der Waals surface area contributed by atoms with Gasteiger partial charge in [0.15, 0.2) is 0 Å². The van der Waals surface area contributed by atoms with Crippen LogP contribution in [0.3, 0.4) is 0 Å². The smallest absolute Gasteiger partial charge is 0.419 e. The highest BCUT2D eigenvalue weighted by atomic mass is 19.4. The number of hydrogen-bond acceptors (Lipinski definition) is 2. The van der Waals surface area contributed by atoms with Gasteiger partial charge in [-0.25, -0.2) is 0 Å². The number of nitrogens with one attached hydrogen (secondary N) is 1. The number of likely N-dealkylation sites (N-methyl/N-ethyl adjacent to an activating group) is 1. The van der Waals surface area contributed by atoms with Gasteiger partial charge in [0.2, 0.25) is 0 Å². The predicted octanol–water partition coefficient (Wildman–Crippen LogP) is 2.48. The minimum Gasteiger partial charge on any atom is -0.496 e. The molecule has 5 heteroatoms. The van der Waals surface area contributed by atoms with Gasteiger partial charge in [0, 0.05) is 0 Å². The summed E-state index contributed by atoms with van der Waals surface area (Å²) in [5.74, 6) is -0.124. The standard InChI is InChI=1S/C11H14F3NO/c1-15-6-5-8-3-4-9(11(12,13)14)10(7-8)16-2/h3-4,7,15H,5-6H2,1-2H3. The Morgan fingerprint density at radius 2 is 2.00 bits per heavy atom. The van der Waals surface area contributed by atoms with Crippen LogP contribution < -0.4 is 10.1 Å². The summed E-state index contributed by atoms with van der Waals surface area (Å²) in [6.45, 7) is 0.717. The van der Waals surface area contributed by atoms with E-state index in [0.717, 1.165) is 11.6 Å². The van der Waals surface area contributed by atoms with Crippen LogP contribution in [0.1, 0.15) is 11.1 Å². The molecule has 16 heavy (non-hydrogen) atoms. The summed E-state index contributed by atoms with van der Waals surface area (Å²) in [7, 11) is 3.04. The molecule has 1 rings (SSSR count). The first-order valence-electron chi connectivity index (χ1n) is 4.87. The zero-order valence-corrected chi connectivity index (χ0v) is 9.19. The van der Waals surface area contributed by atoms with Gasteiger partial charge in [0.1, 0.15) is 5.75 Å². The van der Waals surface area contributed by atoms with Gasteiger partial charge < -0.3 is 10.1 Å². The van der Waals surface area contributed by atoms with Gasteiger partial charge in [-0.15, -0.1) is 0 Å². The number of halogens is 3. The molecule has 1 N–H and O–H groups in total. The monoisotopic (exact) mass is 233 g/mol. The quantitative estimate of drug-likeness (QED) is 0.862. The van der Waals surface area contributed by atoms with E-state index >= 15 is 0 Å². The molecule has 1 aromatic carbocycles. The van der Waals surface area contributed by atoms with E-state index in [0.29, 0.717) is 13.0 Å². The van der Waals surface area contributed by atoms with Gasteiger partial charge in [-0.3, -0.25) is 0 Å². The van der Waals surface area contributed by atoms with Crippen molar-refractivity contribution in [3.63, 3.8) is 0 Å². The van der Waals surface area contributed by atoms with Crippen LogP contribution in [-0.4, -0.2) is 20.7 Å². The van der Waals surface area contributed by atoms with Crippen LogP contribution in [0.5, 0.6) is 5.75 Å². The Balaban J connectivity index is 2.98. The van der Waals surface area contributed by atoms with Crippen LogP contribution in [0, 0.1) is 0 Å². The van der Waals surface area contributed by atoms with Crippen molar-refractivity contribution in [3.8, 4) is 5.75 Å². The highest BCUT2D eigenvalue weighted by Gasteiger charge is 2.34. The molecular formula is C11H14F3NO. The van der Waals surface area contributed by atoms with Crippen molar-refractivity contribution in [3.05, 3.63) is 29.3 Å². The molecular weight excluding hydrogens is 219 g/mol. The van der Waals surface area contributed by atoms with Crippen molar-refractivity contribution in [2.24, 2.45) is 0 Å². The first kappa shape index (κ1) is 12.8. The van der Waals surface area contributed by atoms with Crippen LogP contribution >= 0.6 is 0 Å². The Bertz CT molecular complexity index is 350. The Labute approximate surface area is 92.4 Å². The van der Waals surface area contributed by atoms with Crippen LogP contribution in [0.25, 0.3) is 0 Å². The first-order chi connectivity index (χ1) is 7.49. The van der Waals surface area contributed by atoms with Gasteiger partial charge >= 0.3 is 6.18 Å². The molecule has 0 aliphatic heterocycles. The molecule has 0 fully saturated rings. The van der Waals surface area contributed by atoms with Gasteiger partial charge in [0.25, 0.3) is 0 Å². The molecule has 0 saturated carbocycles. The van der Waals surface area contributed by atoms with Crippen molar-refractivity contribution in [1.29, 1.82) is 0 Å².